The number of carboxylic acids is 4. The van der Waals surface area contributed by atoms with Crippen LogP contribution in [-0.4, -0.2) is 264 Å². The molecule has 2 aromatic heterocycles. The average molecular weight is 2030 g/mol. The van der Waals surface area contributed by atoms with Gasteiger partial charge in [0.25, 0.3) is 0 Å². The molecule has 0 saturated carbocycles. The monoisotopic (exact) mass is 2030 g/mol. The number of likely N-dealkylation sites (N-methyl/N-ethyl adjacent to an activating group) is 1. The molecule has 0 bridgehead atoms. The fourth-order valence-corrected chi connectivity index (χ4v) is 17.7. The van der Waals surface area contributed by atoms with Crippen molar-refractivity contribution >= 4 is 128 Å². The maximum absolute atomic E-state index is 16.1. The van der Waals surface area contributed by atoms with Crippen LogP contribution in [0.15, 0.2) is 200 Å². The third-order valence-corrected chi connectivity index (χ3v) is 26.0. The summed E-state index contributed by atoms with van der Waals surface area (Å²) in [4.78, 5) is 268. The number of nitrogens with one attached hydrogen (secondary N) is 14. The van der Waals surface area contributed by atoms with Crippen molar-refractivity contribution in [3.05, 3.63) is 256 Å². The van der Waals surface area contributed by atoms with E-state index in [-0.39, 0.29) is 121 Å². The van der Waals surface area contributed by atoms with Gasteiger partial charge in [0.15, 0.2) is 0 Å². The van der Waals surface area contributed by atoms with Crippen LogP contribution in [-0.2, 0) is 104 Å². The fraction of sp³-hybridized carbons (Fsp3) is 0.340. The number of aryl methyl sites for hydroxylation is 1. The molecular formula is C106H119FN18O23. The Balaban J connectivity index is 0.917. The van der Waals surface area contributed by atoms with Gasteiger partial charge in [0.1, 0.15) is 78.0 Å². The van der Waals surface area contributed by atoms with E-state index in [4.69, 9.17) is 11.5 Å². The summed E-state index contributed by atoms with van der Waals surface area (Å²) >= 11 is 0. The summed E-state index contributed by atoms with van der Waals surface area (Å²) in [6, 6.07) is 27.6. The Bertz CT molecular complexity index is 6560. The van der Waals surface area contributed by atoms with E-state index in [1.54, 1.807) is 129 Å². The number of unbranched alkanes of at least 4 members (excludes halogenated alkanes) is 1. The van der Waals surface area contributed by atoms with Gasteiger partial charge in [-0.3, -0.25) is 71.9 Å². The number of amides is 14. The second kappa shape index (κ2) is 50.9. The fourth-order valence-electron chi connectivity index (χ4n) is 17.7. The number of hydrogen-bond acceptors (Lipinski definition) is 21. The molecule has 148 heavy (non-hydrogen) atoms. The Morgan fingerprint density at radius 1 is 0.439 bits per heavy atom. The minimum absolute atomic E-state index is 0.0118. The molecule has 0 radical (unpaired) electrons. The number of para-hydroxylation sites is 1. The number of hydrogen-bond donors (Lipinski definition) is 21. The summed E-state index contributed by atoms with van der Waals surface area (Å²) in [7, 11) is 1.08. The van der Waals surface area contributed by atoms with Gasteiger partial charge in [0.2, 0.25) is 82.7 Å². The predicted octanol–water partition coefficient (Wildman–Crippen LogP) is 3.78. The summed E-state index contributed by atoms with van der Waals surface area (Å²) in [5.41, 5.74) is 17.7. The number of aromatic hydroxyl groups is 1. The van der Waals surface area contributed by atoms with E-state index < -0.39 is 223 Å². The molecule has 41 nitrogen and oxygen atoms in total. The quantitative estimate of drug-likeness (QED) is 0.0343. The number of fused-ring (bicyclic) bond motifs is 3. The van der Waals surface area contributed by atoms with Crippen LogP contribution < -0.4 is 75.3 Å². The van der Waals surface area contributed by atoms with Gasteiger partial charge in [0.05, 0.1) is 42.7 Å². The zero-order valence-corrected chi connectivity index (χ0v) is 81.7. The number of nitrogens with zero attached hydrogens (tertiary/aromatic N) is 2. The van der Waals surface area contributed by atoms with Gasteiger partial charge in [-0.05, 0) is 187 Å². The molecule has 23 N–H and O–H groups in total. The molecule has 2 aliphatic rings. The first kappa shape index (κ1) is 110. The highest BCUT2D eigenvalue weighted by Gasteiger charge is 2.44. The van der Waals surface area contributed by atoms with Crippen LogP contribution in [0.2, 0.25) is 0 Å². The maximum Gasteiger partial charge on any atom is 0.335 e. The van der Waals surface area contributed by atoms with Crippen molar-refractivity contribution < 1.29 is 116 Å². The number of aliphatic carboxylic acids is 1. The molecule has 8 aromatic carbocycles. The molecule has 0 aliphatic carbocycles. The number of nitrogens with two attached hydrogens (primary N) is 2. The van der Waals surface area contributed by atoms with Crippen LogP contribution in [0.3, 0.4) is 0 Å². The molecule has 2 saturated heterocycles. The number of halogens is 1. The van der Waals surface area contributed by atoms with Crippen LogP contribution >= 0.6 is 0 Å². The summed E-state index contributed by atoms with van der Waals surface area (Å²) < 4.78 is 16.1. The Labute approximate surface area is 848 Å². The number of carbonyl (C=O) groups is 18. The van der Waals surface area contributed by atoms with Gasteiger partial charge in [-0.15, -0.1) is 0 Å². The van der Waals surface area contributed by atoms with Crippen LogP contribution in [0.5, 0.6) is 5.75 Å². The first-order valence-corrected chi connectivity index (χ1v) is 48.2. The van der Waals surface area contributed by atoms with Crippen molar-refractivity contribution in [1.29, 1.82) is 0 Å². The van der Waals surface area contributed by atoms with Crippen molar-refractivity contribution in [2.75, 3.05) is 39.8 Å². The van der Waals surface area contributed by atoms with E-state index in [1.807, 2.05) is 0 Å². The lowest BCUT2D eigenvalue weighted by atomic mass is 9.91. The standard InChI is InChI=1S/C106H119FN18O23/c1-56(2)43-80-94(133)113-53-87(127)115-79(41-24-59-22-39-72(126)40-23-59)97(136)120-83(46-61-18-27-64(28-19-61)66-33-37-69(38-34-66)106(147)148)99(138)121-84(47-70-50-110-76-13-7-6-11-73(70)76)100(139)119-81(44-62-20-29-67(30-21-62)104(143)144)95(134)114-54-89(129)125-55-71(109)48-86(125)101(140)123-92(57(3)74-51-111-77-15-10-12-75(107)91(74)77)102(141)122-85(49-90(130)131)103(142)124(5)58(4)93(132)112-52-88(128)116-82(98(137)117-78(96(135)118-80)14-8-9-42-108)45-60-16-25-63(26-17-60)65-31-35-68(36-32-65)105(145)146/h6-7,10-13,15-23,25-40,50-51,56-58,71,78-86,92,110-111,126H,8-9,14,24,41-49,52-55,108-109H2,1-5H3,(H,112,132)(H,113,133)(H,114,134)(H,115,127)(H,116,128)(H,117,137)(H,118,135)(H,119,139)(H,120,136)(H,121,138)(H,122,141)(H,123,140)(H,130,131)(H,143,144)(H,145,146)(H,147,148)/t57-,58+,71+,78-,79-,80-,81-,82-,83-,84-,85-,86-,92-/m0/s1. The topological polar surface area (TPSA) is 643 Å². The first-order chi connectivity index (χ1) is 70.6. The van der Waals surface area contributed by atoms with Crippen molar-refractivity contribution in [3.63, 3.8) is 0 Å². The van der Waals surface area contributed by atoms with Crippen LogP contribution in [0.1, 0.15) is 143 Å². The molecule has 13 atom stereocenters. The van der Waals surface area contributed by atoms with Gasteiger partial charge in [-0.1, -0.05) is 142 Å². The summed E-state index contributed by atoms with van der Waals surface area (Å²) in [5, 5.41) is 82.0. The number of H-pyrrole nitrogens is 2. The number of carbonyl (C=O) groups excluding carboxylic acids is 14. The zero-order chi connectivity index (χ0) is 107. The average Bonchev–Trinajstić information content (AvgIpc) is 1.62. The van der Waals surface area contributed by atoms with Gasteiger partial charge in [-0.2, -0.15) is 0 Å². The molecular weight excluding hydrogens is 1910 g/mol. The lowest BCUT2D eigenvalue weighted by Crippen LogP contribution is -2.60. The van der Waals surface area contributed by atoms with Crippen molar-refractivity contribution in [2.24, 2.45) is 17.4 Å². The SMILES string of the molecule is CC(C)C[C@@H]1NC(=O)[C@H](CCCCN)NC(=O)[C@H](Cc2ccc(-c3ccc(C(=O)O)cc3)cc2)NC(=O)CNC(=O)[C@@H](C)N(C)C(=O)[C@H](CC(=O)O)NC(=O)[C@H]([C@@H](C)c2c[nH]c3cccc(F)c23)NC(=O)[C@@H]2C[C@@H](N)CN2C(=O)CNC(=O)[C@H](Cc2ccc(C(=O)O)cc2)NC(=O)[C@H](Cc2c[nH]c3ccccc23)NC(=O)[C@H](Cc2ccc(-c3ccc(C(=O)O)cc3)cc2)NC(=O)[C@H](CCc2ccc(O)cc2)NC(=O)CNC1=O. The number of aromatic amines is 2. The van der Waals surface area contributed by atoms with Gasteiger partial charge in [0, 0.05) is 85.4 Å². The number of aromatic carboxylic acids is 3. The van der Waals surface area contributed by atoms with E-state index in [0.717, 1.165) is 22.9 Å². The Kier molecular flexibility index (Phi) is 37.8. The summed E-state index contributed by atoms with van der Waals surface area (Å²) in [5.74, 6) is -22.4. The maximum atomic E-state index is 16.1. The highest BCUT2D eigenvalue weighted by molar-refractivity contribution is 6.03. The predicted molar refractivity (Wildman–Crippen MR) is 539 cm³/mol. The molecule has 4 heterocycles. The number of aromatic nitrogens is 2. The van der Waals surface area contributed by atoms with E-state index >= 15 is 38.0 Å². The van der Waals surface area contributed by atoms with E-state index in [0.29, 0.717) is 61.8 Å². The van der Waals surface area contributed by atoms with Crippen LogP contribution in [0.4, 0.5) is 4.39 Å². The van der Waals surface area contributed by atoms with Gasteiger partial charge in [-0.25, -0.2) is 18.8 Å². The highest BCUT2D eigenvalue weighted by atomic mass is 19.1. The van der Waals surface area contributed by atoms with Crippen molar-refractivity contribution in [1.82, 2.24) is 83.6 Å². The summed E-state index contributed by atoms with van der Waals surface area (Å²) in [6.07, 6.45) is 0.0450. The number of rotatable bonds is 26. The second-order valence-electron chi connectivity index (χ2n) is 37.2. The summed E-state index contributed by atoms with van der Waals surface area (Å²) in [6.45, 7) is 3.09. The minimum atomic E-state index is -2.08. The van der Waals surface area contributed by atoms with E-state index in [9.17, 15) is 78.3 Å². The largest absolute Gasteiger partial charge is 0.508 e. The smallest absolute Gasteiger partial charge is 0.335 e. The van der Waals surface area contributed by atoms with E-state index in [1.165, 1.54) is 92.8 Å². The zero-order valence-electron chi connectivity index (χ0n) is 81.7. The van der Waals surface area contributed by atoms with Crippen LogP contribution in [0.25, 0.3) is 44.1 Å². The molecule has 10 aromatic rings. The van der Waals surface area contributed by atoms with Gasteiger partial charge < -0.3 is 121 Å². The molecule has 0 spiro atoms. The van der Waals surface area contributed by atoms with Crippen molar-refractivity contribution in [3.8, 4) is 28.0 Å². The molecule has 2 aliphatic heterocycles. The minimum Gasteiger partial charge on any atom is -0.508 e. The highest BCUT2D eigenvalue weighted by Crippen LogP contribution is 2.33. The Morgan fingerprint density at radius 2 is 0.872 bits per heavy atom. The third kappa shape index (κ3) is 29.6. The molecule has 12 rings (SSSR count). The number of carboxylic acid groups (broad SMARTS) is 4. The molecule has 2 fully saturated rings. The molecule has 0 unspecified atom stereocenters. The third-order valence-electron chi connectivity index (χ3n) is 26.0. The Morgan fingerprint density at radius 3 is 1.41 bits per heavy atom. The first-order valence-electron chi connectivity index (χ1n) is 48.2. The lowest BCUT2D eigenvalue weighted by Gasteiger charge is -2.31. The number of phenols is 1. The van der Waals surface area contributed by atoms with E-state index in [2.05, 4.69) is 73.8 Å². The van der Waals surface area contributed by atoms with Crippen molar-refractivity contribution in [2.45, 2.75) is 183 Å². The second-order valence-corrected chi connectivity index (χ2v) is 37.2. The Hall–Kier alpha value is -17.1. The molecule has 42 heteroatoms. The normalized spacial score (nSPS) is 21.4. The molecule has 14 amide bonds. The molecule has 778 valence electrons. The lowest BCUT2D eigenvalue weighted by molar-refractivity contribution is -0.146. The number of phenolic OH excluding ortho intramolecular Hbond substituents is 1. The van der Waals surface area contributed by atoms with Gasteiger partial charge >= 0.3 is 23.9 Å². The number of benzene rings is 8. The van der Waals surface area contributed by atoms with Crippen LogP contribution in [0, 0.1) is 11.7 Å².